The third kappa shape index (κ3) is 4.22. The van der Waals surface area contributed by atoms with Gasteiger partial charge in [0.15, 0.2) is 0 Å². The summed E-state index contributed by atoms with van der Waals surface area (Å²) >= 11 is 0. The number of rotatable bonds is 5. The van der Waals surface area contributed by atoms with Crippen LogP contribution in [0.4, 0.5) is 18.0 Å². The predicted molar refractivity (Wildman–Crippen MR) is 103 cm³/mol. The number of nitrogens with two attached hydrogens (primary N) is 1. The van der Waals surface area contributed by atoms with Gasteiger partial charge in [-0.15, -0.1) is 0 Å². The van der Waals surface area contributed by atoms with E-state index in [0.29, 0.717) is 25.7 Å². The van der Waals surface area contributed by atoms with E-state index in [1.165, 1.54) is 4.90 Å². The molecule has 1 heterocycles. The molecule has 2 amide bonds. The molecule has 6 nitrogen and oxygen atoms in total. The van der Waals surface area contributed by atoms with Crippen LogP contribution in [0, 0.1) is 0 Å². The Hall–Kier alpha value is -1.84. The molecule has 3 N–H and O–H groups in total. The fourth-order valence-electron chi connectivity index (χ4n) is 4.96. The minimum atomic E-state index is -4.49. The van der Waals surface area contributed by atoms with Crippen LogP contribution in [0.5, 0.6) is 0 Å². The third-order valence-corrected chi connectivity index (χ3v) is 6.48. The van der Waals surface area contributed by atoms with E-state index in [2.05, 4.69) is 4.90 Å². The fraction of sp³-hybridized carbons (Fsp3) is 0.650. The van der Waals surface area contributed by atoms with Crippen LogP contribution in [0.2, 0.25) is 0 Å². The number of β-amino-alcohol motifs (C(OH)–C–C–N with tert-alkyl or cyclic N) is 1. The normalized spacial score (nSPS) is 29.2. The summed E-state index contributed by atoms with van der Waals surface area (Å²) in [5.74, 6) is 0. The van der Waals surface area contributed by atoms with Gasteiger partial charge in [-0.1, -0.05) is 30.3 Å². The number of carbonyl (C=O) groups is 1. The van der Waals surface area contributed by atoms with Gasteiger partial charge in [0.1, 0.15) is 12.8 Å². The Morgan fingerprint density at radius 1 is 1.17 bits per heavy atom. The summed E-state index contributed by atoms with van der Waals surface area (Å²) in [6.07, 6.45) is -3.63. The van der Waals surface area contributed by atoms with Gasteiger partial charge in [0.2, 0.25) is 0 Å². The second kappa shape index (κ2) is 7.77. The zero-order chi connectivity index (χ0) is 21.4. The molecule has 2 fully saturated rings. The molecule has 1 spiro atoms. The second-order valence-corrected chi connectivity index (χ2v) is 8.45. The monoisotopic (exact) mass is 414 g/mol. The number of nitrogens with zero attached hydrogens (tertiary/aromatic N) is 3. The number of halogens is 3. The highest BCUT2D eigenvalue weighted by Crippen LogP contribution is 2.49. The highest BCUT2D eigenvalue weighted by atomic mass is 19.4. The number of carbonyl (C=O) groups excluding carboxylic acids is 1. The van der Waals surface area contributed by atoms with Crippen molar-refractivity contribution in [3.05, 3.63) is 35.9 Å². The highest BCUT2D eigenvalue weighted by Gasteiger charge is 2.56. The summed E-state index contributed by atoms with van der Waals surface area (Å²) < 4.78 is 39.8. The van der Waals surface area contributed by atoms with E-state index in [4.69, 9.17) is 5.73 Å². The first-order valence-corrected chi connectivity index (χ1v) is 9.79. The lowest BCUT2D eigenvalue weighted by atomic mass is 9.68. The van der Waals surface area contributed by atoms with E-state index in [0.717, 1.165) is 10.5 Å². The van der Waals surface area contributed by atoms with E-state index in [9.17, 15) is 23.1 Å². The highest BCUT2D eigenvalue weighted by molar-refractivity contribution is 5.78. The lowest BCUT2D eigenvalue weighted by Gasteiger charge is -2.51. The molecular formula is C20H29F3N4O2. The molecule has 1 aliphatic carbocycles. The van der Waals surface area contributed by atoms with Gasteiger partial charge in [0.25, 0.3) is 0 Å². The van der Waals surface area contributed by atoms with Crippen LogP contribution in [0.25, 0.3) is 0 Å². The fourth-order valence-corrected chi connectivity index (χ4v) is 4.96. The Balaban J connectivity index is 1.89. The number of amides is 2. The van der Waals surface area contributed by atoms with Crippen LogP contribution < -0.4 is 5.73 Å². The van der Waals surface area contributed by atoms with Crippen LogP contribution in [0.3, 0.4) is 0 Å². The Morgan fingerprint density at radius 2 is 1.76 bits per heavy atom. The number of aliphatic hydroxyl groups excluding tert-OH is 1. The number of hydrogen-bond acceptors (Lipinski definition) is 4. The van der Waals surface area contributed by atoms with Gasteiger partial charge >= 0.3 is 12.2 Å². The van der Waals surface area contributed by atoms with Gasteiger partial charge in [0.05, 0.1) is 12.1 Å². The lowest BCUT2D eigenvalue weighted by molar-refractivity contribution is -0.150. The lowest BCUT2D eigenvalue weighted by Crippen LogP contribution is -2.57. The summed E-state index contributed by atoms with van der Waals surface area (Å²) in [4.78, 5) is 17.1. The van der Waals surface area contributed by atoms with Crippen molar-refractivity contribution in [2.75, 3.05) is 33.7 Å². The summed E-state index contributed by atoms with van der Waals surface area (Å²) in [5, 5.41) is 9.48. The zero-order valence-electron chi connectivity index (χ0n) is 16.8. The van der Waals surface area contributed by atoms with Crippen molar-refractivity contribution in [3.8, 4) is 0 Å². The van der Waals surface area contributed by atoms with Gasteiger partial charge in [-0.25, -0.2) is 4.79 Å². The zero-order valence-corrected chi connectivity index (χ0v) is 16.8. The minimum absolute atomic E-state index is 0.147. The average Bonchev–Trinajstić information content (AvgIpc) is 2.87. The molecular weight excluding hydrogens is 385 g/mol. The van der Waals surface area contributed by atoms with Gasteiger partial charge in [-0.3, -0.25) is 4.90 Å². The van der Waals surface area contributed by atoms with Crippen LogP contribution in [0.1, 0.15) is 31.2 Å². The average molecular weight is 414 g/mol. The molecule has 0 bridgehead atoms. The second-order valence-electron chi connectivity index (χ2n) is 8.45. The molecule has 1 saturated carbocycles. The van der Waals surface area contributed by atoms with Crippen molar-refractivity contribution >= 4 is 6.03 Å². The maximum atomic E-state index is 13.3. The van der Waals surface area contributed by atoms with E-state index >= 15 is 0 Å². The Bertz CT molecular complexity index is 716. The quantitative estimate of drug-likeness (QED) is 0.726. The standard InChI is InChI=1S/C20H29F3N4O2/c1-25(2)19(15-6-4-3-5-7-15)10-8-18(9-11-19)13-26(12-16(24)28)17(29)27(18)14-20(21,22)23/h3-7,16,28H,8-14,24H2,1-2H3. The molecule has 0 aromatic heterocycles. The molecule has 2 aliphatic rings. The molecule has 162 valence electrons. The smallest absolute Gasteiger partial charge is 0.377 e. The van der Waals surface area contributed by atoms with E-state index in [-0.39, 0.29) is 18.6 Å². The topological polar surface area (TPSA) is 73.0 Å². The number of benzene rings is 1. The molecule has 29 heavy (non-hydrogen) atoms. The first-order chi connectivity index (χ1) is 13.5. The van der Waals surface area contributed by atoms with Crippen molar-refractivity contribution < 1.29 is 23.1 Å². The summed E-state index contributed by atoms with van der Waals surface area (Å²) in [7, 11) is 3.96. The molecule has 1 saturated heterocycles. The molecule has 3 rings (SSSR count). The molecule has 1 unspecified atom stereocenters. The Labute approximate surface area is 169 Å². The van der Waals surface area contributed by atoms with Crippen molar-refractivity contribution in [2.24, 2.45) is 5.73 Å². The first kappa shape index (κ1) is 21.9. The molecule has 1 aromatic carbocycles. The third-order valence-electron chi connectivity index (χ3n) is 6.48. The van der Waals surface area contributed by atoms with E-state index < -0.39 is 30.5 Å². The van der Waals surface area contributed by atoms with Crippen molar-refractivity contribution in [2.45, 2.75) is 49.2 Å². The van der Waals surface area contributed by atoms with Gasteiger partial charge < -0.3 is 20.6 Å². The Kier molecular flexibility index (Phi) is 5.86. The van der Waals surface area contributed by atoms with Crippen LogP contribution in [0.15, 0.2) is 30.3 Å². The predicted octanol–water partition coefficient (Wildman–Crippen LogP) is 2.33. The van der Waals surface area contributed by atoms with E-state index in [1.54, 1.807) is 0 Å². The molecule has 0 radical (unpaired) electrons. The number of aliphatic hydroxyl groups is 1. The molecule has 9 heteroatoms. The molecule has 1 atom stereocenters. The van der Waals surface area contributed by atoms with Crippen molar-refractivity contribution in [1.29, 1.82) is 0 Å². The maximum Gasteiger partial charge on any atom is 0.406 e. The maximum absolute atomic E-state index is 13.3. The first-order valence-electron chi connectivity index (χ1n) is 9.79. The number of alkyl halides is 3. The number of urea groups is 1. The summed E-state index contributed by atoms with van der Waals surface area (Å²) in [6, 6.07) is 9.25. The largest absolute Gasteiger partial charge is 0.406 e. The van der Waals surface area contributed by atoms with Crippen LogP contribution in [-0.4, -0.2) is 77.5 Å². The Morgan fingerprint density at radius 3 is 2.24 bits per heavy atom. The van der Waals surface area contributed by atoms with Crippen molar-refractivity contribution in [1.82, 2.24) is 14.7 Å². The van der Waals surface area contributed by atoms with Gasteiger partial charge in [0, 0.05) is 12.1 Å². The van der Waals surface area contributed by atoms with E-state index in [1.807, 2.05) is 44.4 Å². The summed E-state index contributed by atoms with van der Waals surface area (Å²) in [5.41, 5.74) is 5.33. The minimum Gasteiger partial charge on any atom is -0.377 e. The van der Waals surface area contributed by atoms with Crippen molar-refractivity contribution in [3.63, 3.8) is 0 Å². The molecule has 1 aromatic rings. The molecule has 1 aliphatic heterocycles. The van der Waals surface area contributed by atoms with Crippen LogP contribution >= 0.6 is 0 Å². The van der Waals surface area contributed by atoms with Gasteiger partial charge in [-0.05, 0) is 45.3 Å². The summed E-state index contributed by atoms with van der Waals surface area (Å²) in [6.45, 7) is -1.32. The number of hydrogen-bond donors (Lipinski definition) is 2. The van der Waals surface area contributed by atoms with Gasteiger partial charge in [-0.2, -0.15) is 13.2 Å². The SMILES string of the molecule is CN(C)C1(c2ccccc2)CCC2(CC1)CN(CC(N)O)C(=O)N2CC(F)(F)F. The van der Waals surface area contributed by atoms with Crippen LogP contribution in [-0.2, 0) is 5.54 Å².